The summed E-state index contributed by atoms with van der Waals surface area (Å²) in [7, 11) is 3.31. The Kier molecular flexibility index (Phi) is 6.65. The van der Waals surface area contributed by atoms with E-state index in [9.17, 15) is 19.5 Å². The van der Waals surface area contributed by atoms with Crippen molar-refractivity contribution in [2.75, 3.05) is 25.1 Å². The van der Waals surface area contributed by atoms with Gasteiger partial charge in [0.25, 0.3) is 5.56 Å². The number of hydrogen-bond donors (Lipinski definition) is 5. The van der Waals surface area contributed by atoms with Crippen molar-refractivity contribution < 1.29 is 14.7 Å². The maximum Gasteiger partial charge on any atom is 0.320 e. The summed E-state index contributed by atoms with van der Waals surface area (Å²) in [6.45, 7) is 0.344. The topological polar surface area (TPSA) is 179 Å². The third-order valence-electron chi connectivity index (χ3n) is 6.04. The van der Waals surface area contributed by atoms with Gasteiger partial charge in [-0.1, -0.05) is 12.1 Å². The van der Waals surface area contributed by atoms with E-state index < -0.39 is 23.1 Å². The average Bonchev–Trinajstić information content (AvgIpc) is 3.61. The molecule has 6 N–H and O–H groups in total. The van der Waals surface area contributed by atoms with Crippen molar-refractivity contribution in [2.24, 2.45) is 0 Å². The van der Waals surface area contributed by atoms with E-state index >= 15 is 0 Å². The SMILES string of the molecule is CN(C)C(=O)CCC(NC1(c2ccc(NCc3cnc4nc(N)[nH]c(=O)c4n3)cc2)CC1)C(=O)O. The molecule has 2 aromatic heterocycles. The zero-order chi connectivity index (χ0) is 25.2. The van der Waals surface area contributed by atoms with E-state index in [0.29, 0.717) is 12.2 Å². The van der Waals surface area contributed by atoms with Gasteiger partial charge in [0, 0.05) is 31.7 Å². The monoisotopic (exact) mass is 480 g/mol. The van der Waals surface area contributed by atoms with Crippen LogP contribution >= 0.6 is 0 Å². The summed E-state index contributed by atoms with van der Waals surface area (Å²) in [5.74, 6) is -1.07. The molecule has 3 aromatic rings. The summed E-state index contributed by atoms with van der Waals surface area (Å²) in [5.41, 5.74) is 7.39. The molecule has 0 bridgehead atoms. The van der Waals surface area contributed by atoms with E-state index in [4.69, 9.17) is 5.73 Å². The number of carbonyl (C=O) groups is 2. The second-order valence-electron chi connectivity index (χ2n) is 8.86. The van der Waals surface area contributed by atoms with Crippen LogP contribution in [0.15, 0.2) is 35.3 Å². The van der Waals surface area contributed by atoms with Gasteiger partial charge in [-0.2, -0.15) is 4.98 Å². The van der Waals surface area contributed by atoms with Crippen molar-refractivity contribution in [3.8, 4) is 0 Å². The van der Waals surface area contributed by atoms with E-state index in [1.807, 2.05) is 24.3 Å². The number of aromatic nitrogens is 4. The third kappa shape index (κ3) is 5.54. The number of aliphatic carboxylic acids is 1. The summed E-state index contributed by atoms with van der Waals surface area (Å²) >= 11 is 0. The number of carboxylic acids is 1. The Labute approximate surface area is 201 Å². The van der Waals surface area contributed by atoms with Gasteiger partial charge in [0.15, 0.2) is 11.2 Å². The minimum absolute atomic E-state index is 0.0117. The Morgan fingerprint density at radius 3 is 2.57 bits per heavy atom. The molecule has 4 rings (SSSR count). The van der Waals surface area contributed by atoms with Crippen molar-refractivity contribution in [1.29, 1.82) is 0 Å². The summed E-state index contributed by atoms with van der Waals surface area (Å²) < 4.78 is 0. The van der Waals surface area contributed by atoms with E-state index in [2.05, 4.69) is 30.6 Å². The van der Waals surface area contributed by atoms with Crippen LogP contribution in [0.5, 0.6) is 0 Å². The number of amides is 1. The van der Waals surface area contributed by atoms with Gasteiger partial charge in [-0.05, 0) is 37.0 Å². The van der Waals surface area contributed by atoms with Crippen molar-refractivity contribution in [1.82, 2.24) is 30.2 Å². The molecule has 35 heavy (non-hydrogen) atoms. The summed E-state index contributed by atoms with van der Waals surface area (Å²) in [4.78, 5) is 52.0. The number of anilines is 2. The number of fused-ring (bicyclic) bond motifs is 1. The fourth-order valence-corrected chi connectivity index (χ4v) is 3.88. The molecule has 1 aliphatic rings. The summed E-state index contributed by atoms with van der Waals surface area (Å²) in [6.07, 6.45) is 3.58. The minimum atomic E-state index is -0.964. The number of nitrogens with two attached hydrogens (primary N) is 1. The van der Waals surface area contributed by atoms with Gasteiger partial charge in [-0.15, -0.1) is 0 Å². The molecule has 12 nitrogen and oxygen atoms in total. The number of hydrogen-bond acceptors (Lipinski definition) is 9. The predicted molar refractivity (Wildman–Crippen MR) is 130 cm³/mol. The Bertz CT molecular complexity index is 1300. The first-order valence-electron chi connectivity index (χ1n) is 11.2. The number of benzene rings is 1. The Morgan fingerprint density at radius 1 is 1.23 bits per heavy atom. The molecule has 0 radical (unpaired) electrons. The fourth-order valence-electron chi connectivity index (χ4n) is 3.88. The van der Waals surface area contributed by atoms with E-state index in [-0.39, 0.29) is 35.9 Å². The van der Waals surface area contributed by atoms with E-state index in [1.165, 1.54) is 11.1 Å². The largest absolute Gasteiger partial charge is 0.480 e. The zero-order valence-electron chi connectivity index (χ0n) is 19.5. The van der Waals surface area contributed by atoms with Crippen molar-refractivity contribution in [3.63, 3.8) is 0 Å². The number of nitrogen functional groups attached to an aromatic ring is 1. The van der Waals surface area contributed by atoms with Gasteiger partial charge in [0.05, 0.1) is 18.4 Å². The average molecular weight is 481 g/mol. The molecule has 0 spiro atoms. The summed E-state index contributed by atoms with van der Waals surface area (Å²) in [6, 6.07) is 6.92. The molecule has 12 heteroatoms. The van der Waals surface area contributed by atoms with Crippen LogP contribution in [-0.4, -0.2) is 62.0 Å². The molecular formula is C23H28N8O4. The molecule has 184 valence electrons. The molecule has 1 amide bonds. The highest BCUT2D eigenvalue weighted by atomic mass is 16.4. The second-order valence-corrected chi connectivity index (χ2v) is 8.86. The van der Waals surface area contributed by atoms with Crippen LogP contribution < -0.4 is 21.9 Å². The second kappa shape index (κ2) is 9.66. The number of nitrogens with one attached hydrogen (secondary N) is 3. The van der Waals surface area contributed by atoms with Gasteiger partial charge in [-0.25, -0.2) is 9.97 Å². The fraction of sp³-hybridized carbons (Fsp3) is 0.391. The maximum absolute atomic E-state index is 12.0. The number of aromatic amines is 1. The van der Waals surface area contributed by atoms with Crippen LogP contribution in [0, 0.1) is 0 Å². The predicted octanol–water partition coefficient (Wildman–Crippen LogP) is 0.808. The van der Waals surface area contributed by atoms with Gasteiger partial charge < -0.3 is 21.1 Å². The third-order valence-corrected chi connectivity index (χ3v) is 6.04. The Morgan fingerprint density at radius 2 is 1.94 bits per heavy atom. The molecule has 2 heterocycles. The Hall–Kier alpha value is -4.06. The number of carbonyl (C=O) groups excluding carboxylic acids is 1. The number of rotatable bonds is 10. The van der Waals surface area contributed by atoms with Crippen LogP contribution in [0.1, 0.15) is 36.9 Å². The molecule has 1 aliphatic carbocycles. The highest BCUT2D eigenvalue weighted by Crippen LogP contribution is 2.46. The van der Waals surface area contributed by atoms with Crippen LogP contribution in [0.3, 0.4) is 0 Å². The molecule has 0 saturated heterocycles. The maximum atomic E-state index is 12.0. The highest BCUT2D eigenvalue weighted by molar-refractivity contribution is 5.78. The van der Waals surface area contributed by atoms with Gasteiger partial charge in [-0.3, -0.25) is 24.7 Å². The van der Waals surface area contributed by atoms with Gasteiger partial charge >= 0.3 is 5.97 Å². The van der Waals surface area contributed by atoms with E-state index in [0.717, 1.165) is 24.1 Å². The normalized spacial score (nSPS) is 14.9. The number of H-pyrrole nitrogens is 1. The van der Waals surface area contributed by atoms with Gasteiger partial charge in [0.2, 0.25) is 11.9 Å². The number of carboxylic acid groups (broad SMARTS) is 1. The zero-order valence-corrected chi connectivity index (χ0v) is 19.5. The van der Waals surface area contributed by atoms with Crippen LogP contribution in [0.2, 0.25) is 0 Å². The van der Waals surface area contributed by atoms with Crippen LogP contribution in [0.4, 0.5) is 11.6 Å². The lowest BCUT2D eigenvalue weighted by molar-refractivity contribution is -0.140. The molecule has 1 aromatic carbocycles. The molecule has 1 unspecified atom stereocenters. The molecule has 1 atom stereocenters. The molecule has 1 fully saturated rings. The molecular weight excluding hydrogens is 452 g/mol. The minimum Gasteiger partial charge on any atom is -0.480 e. The van der Waals surface area contributed by atoms with Crippen molar-refractivity contribution in [2.45, 2.75) is 43.8 Å². The summed E-state index contributed by atoms with van der Waals surface area (Å²) in [5, 5.41) is 16.1. The first kappa shape index (κ1) is 24.1. The van der Waals surface area contributed by atoms with Crippen molar-refractivity contribution >= 4 is 34.7 Å². The molecule has 0 aliphatic heterocycles. The molecule has 1 saturated carbocycles. The lowest BCUT2D eigenvalue weighted by atomic mass is 10.0. The Balaban J connectivity index is 1.39. The van der Waals surface area contributed by atoms with E-state index in [1.54, 1.807) is 14.1 Å². The standard InChI is InChI=1S/C23H28N8O4/c1-31(2)17(32)8-7-16(21(34)35)30-23(9-10-23)13-3-5-14(6-4-13)25-11-15-12-26-19-18(27-15)20(33)29-22(24)28-19/h3-6,12,16,25,30H,7-11H2,1-2H3,(H,34,35)(H3,24,26,28,29,33). The highest BCUT2D eigenvalue weighted by Gasteiger charge is 2.46. The lowest BCUT2D eigenvalue weighted by Crippen LogP contribution is -2.44. The lowest BCUT2D eigenvalue weighted by Gasteiger charge is -2.24. The van der Waals surface area contributed by atoms with Crippen LogP contribution in [-0.2, 0) is 21.7 Å². The van der Waals surface area contributed by atoms with Crippen molar-refractivity contribution in [3.05, 3.63) is 52.1 Å². The first-order chi connectivity index (χ1) is 16.7. The smallest absolute Gasteiger partial charge is 0.320 e. The van der Waals surface area contributed by atoms with Gasteiger partial charge in [0.1, 0.15) is 6.04 Å². The first-order valence-corrected chi connectivity index (χ1v) is 11.2. The quantitative estimate of drug-likeness (QED) is 0.279. The number of nitrogens with zero attached hydrogens (tertiary/aromatic N) is 4. The van der Waals surface area contributed by atoms with Crippen LogP contribution in [0.25, 0.3) is 11.2 Å².